The second-order valence-electron chi connectivity index (χ2n) is 9.95. The van der Waals surface area contributed by atoms with Gasteiger partial charge in [0.1, 0.15) is 6.33 Å². The summed E-state index contributed by atoms with van der Waals surface area (Å²) in [5.41, 5.74) is 3.03. The summed E-state index contributed by atoms with van der Waals surface area (Å²) in [7, 11) is 0. The third-order valence-electron chi connectivity index (χ3n) is 7.61. The van der Waals surface area contributed by atoms with Gasteiger partial charge in [0.2, 0.25) is 0 Å². The number of aryl methyl sites for hydroxylation is 2. The number of halogens is 1. The smallest absolute Gasteiger partial charge is 0.281 e. The lowest BCUT2D eigenvalue weighted by Gasteiger charge is -2.42. The van der Waals surface area contributed by atoms with Crippen molar-refractivity contribution in [1.82, 2.24) is 20.2 Å². The maximum Gasteiger partial charge on any atom is 0.281 e. The Hall–Kier alpha value is -2.97. The molecular weight excluding hydrogens is 532 g/mol. The van der Waals surface area contributed by atoms with Crippen LogP contribution in [0, 0.1) is 19.8 Å². The van der Waals surface area contributed by atoms with E-state index >= 15 is 0 Å². The van der Waals surface area contributed by atoms with Crippen molar-refractivity contribution in [2.45, 2.75) is 51.9 Å². The number of carbonyl (C=O) groups is 1. The number of para-hydroxylation sites is 2. The van der Waals surface area contributed by atoms with Crippen molar-refractivity contribution < 1.29 is 14.3 Å². The van der Waals surface area contributed by atoms with Gasteiger partial charge in [-0.15, -0.1) is 0 Å². The van der Waals surface area contributed by atoms with Crippen LogP contribution in [-0.4, -0.2) is 46.5 Å². The van der Waals surface area contributed by atoms with Crippen LogP contribution in [0.15, 0.2) is 59.3 Å². The molecule has 1 saturated heterocycles. The van der Waals surface area contributed by atoms with Crippen LogP contribution in [0.2, 0.25) is 0 Å². The van der Waals surface area contributed by atoms with E-state index in [1.54, 1.807) is 0 Å². The molecule has 8 heteroatoms. The third-order valence-corrected chi connectivity index (χ3v) is 8.14. The molecule has 1 aromatic heterocycles. The zero-order chi connectivity index (χ0) is 26.0. The molecule has 1 atom stereocenters. The molecular formula is C29H33BrN4O3. The fraction of sp³-hybridized carbons (Fsp3) is 0.414. The van der Waals surface area contributed by atoms with Crippen LogP contribution >= 0.6 is 15.9 Å². The lowest BCUT2D eigenvalue weighted by atomic mass is 9.83. The highest BCUT2D eigenvalue weighted by molar-refractivity contribution is 9.10. The van der Waals surface area contributed by atoms with Crippen LogP contribution in [0.3, 0.4) is 0 Å². The highest BCUT2D eigenvalue weighted by Gasteiger charge is 2.51. The first-order chi connectivity index (χ1) is 17.9. The van der Waals surface area contributed by atoms with Gasteiger partial charge >= 0.3 is 0 Å². The quantitative estimate of drug-likeness (QED) is 0.414. The van der Waals surface area contributed by atoms with Crippen molar-refractivity contribution >= 4 is 21.8 Å². The van der Waals surface area contributed by atoms with Crippen molar-refractivity contribution in [2.24, 2.45) is 5.92 Å². The molecule has 194 valence electrons. The molecule has 0 bridgehead atoms. The molecule has 37 heavy (non-hydrogen) atoms. The predicted octanol–water partition coefficient (Wildman–Crippen LogP) is 5.40. The Labute approximate surface area is 226 Å². The number of benzene rings is 2. The molecule has 1 N–H and O–H groups in total. The zero-order valence-corrected chi connectivity index (χ0v) is 23.1. The van der Waals surface area contributed by atoms with Crippen LogP contribution in [0.4, 0.5) is 0 Å². The molecule has 3 aromatic rings. The van der Waals surface area contributed by atoms with Crippen molar-refractivity contribution in [3.63, 3.8) is 0 Å². The largest absolute Gasteiger partial charge is 0.444 e. The fourth-order valence-electron chi connectivity index (χ4n) is 5.48. The molecule has 0 radical (unpaired) electrons. The van der Waals surface area contributed by atoms with E-state index in [1.807, 2.05) is 50.2 Å². The summed E-state index contributed by atoms with van der Waals surface area (Å²) in [5.74, 6) is 0.889. The van der Waals surface area contributed by atoms with Gasteiger partial charge < -0.3 is 19.7 Å². The fourth-order valence-corrected chi connectivity index (χ4v) is 5.74. The van der Waals surface area contributed by atoms with Crippen molar-refractivity contribution in [2.75, 3.05) is 19.6 Å². The van der Waals surface area contributed by atoms with E-state index in [9.17, 15) is 4.79 Å². The lowest BCUT2D eigenvalue weighted by molar-refractivity contribution is -0.149. The van der Waals surface area contributed by atoms with Crippen molar-refractivity contribution in [1.29, 1.82) is 0 Å². The monoisotopic (exact) mass is 564 g/mol. The Morgan fingerprint density at radius 2 is 1.65 bits per heavy atom. The molecule has 3 heterocycles. The molecule has 0 saturated carbocycles. The number of hydrogen-bond acceptors (Lipinski definition) is 6. The second kappa shape index (κ2) is 10.8. The minimum absolute atomic E-state index is 0.104. The average molecular weight is 566 g/mol. The number of ether oxygens (including phenoxy) is 2. The van der Waals surface area contributed by atoms with E-state index in [2.05, 4.69) is 55.2 Å². The predicted molar refractivity (Wildman–Crippen MR) is 146 cm³/mol. The summed E-state index contributed by atoms with van der Waals surface area (Å²) in [6, 6.07) is 16.5. The van der Waals surface area contributed by atoms with Gasteiger partial charge in [0.05, 0.1) is 17.0 Å². The topological polar surface area (TPSA) is 76.6 Å². The number of piperidine rings is 1. The van der Waals surface area contributed by atoms with Crippen molar-refractivity contribution in [3.8, 4) is 11.5 Å². The number of fused-ring (bicyclic) bond motifs is 1. The minimum Gasteiger partial charge on any atom is -0.444 e. The molecule has 0 aliphatic carbocycles. The summed E-state index contributed by atoms with van der Waals surface area (Å²) in [4.78, 5) is 23.5. The van der Waals surface area contributed by atoms with Crippen molar-refractivity contribution in [3.05, 3.63) is 81.8 Å². The van der Waals surface area contributed by atoms with Crippen LogP contribution in [0.25, 0.3) is 0 Å². The van der Waals surface area contributed by atoms with Gasteiger partial charge in [-0.25, -0.2) is 9.97 Å². The normalized spacial score (nSPS) is 17.9. The molecule has 1 amide bonds. The van der Waals surface area contributed by atoms with E-state index < -0.39 is 5.79 Å². The minimum atomic E-state index is -0.818. The summed E-state index contributed by atoms with van der Waals surface area (Å²) < 4.78 is 14.2. The Bertz CT molecular complexity index is 1210. The number of likely N-dealkylation sites (tertiary alicyclic amines) is 1. The third kappa shape index (κ3) is 5.22. The number of carbonyl (C=O) groups excluding carboxylic acids is 1. The van der Waals surface area contributed by atoms with Gasteiger partial charge in [-0.1, -0.05) is 40.2 Å². The van der Waals surface area contributed by atoms with E-state index in [-0.39, 0.29) is 11.8 Å². The first kappa shape index (κ1) is 25.7. The summed E-state index contributed by atoms with van der Waals surface area (Å²) in [6.45, 7) is 8.43. The molecule has 0 spiro atoms. The van der Waals surface area contributed by atoms with Gasteiger partial charge in [-0.05, 0) is 77.4 Å². The molecule has 2 aromatic carbocycles. The Morgan fingerprint density at radius 3 is 2.24 bits per heavy atom. The standard InChI is InChI=1S/C29H33BrN4O3/c1-19(12-15-31-28(35)27-20(2)32-18-33-21(27)3)34-16-13-23(14-17-34)29(22-8-10-24(30)11-9-22)36-25-6-4-5-7-26(25)37-29/h4-11,18-19,23H,12-17H2,1-3H3,(H,31,35). The average Bonchev–Trinajstić information content (AvgIpc) is 3.30. The van der Waals surface area contributed by atoms with Crippen LogP contribution in [0.1, 0.15) is 53.5 Å². The Morgan fingerprint density at radius 1 is 1.05 bits per heavy atom. The second-order valence-corrected chi connectivity index (χ2v) is 10.9. The molecule has 1 fully saturated rings. The number of rotatable bonds is 7. The van der Waals surface area contributed by atoms with Gasteiger partial charge in [0.25, 0.3) is 11.7 Å². The number of amides is 1. The summed E-state index contributed by atoms with van der Waals surface area (Å²) in [5, 5.41) is 3.06. The van der Waals surface area contributed by atoms with E-state index in [1.165, 1.54) is 6.33 Å². The molecule has 1 unspecified atom stereocenters. The van der Waals surface area contributed by atoms with Crippen LogP contribution < -0.4 is 14.8 Å². The summed E-state index contributed by atoms with van der Waals surface area (Å²) >= 11 is 3.55. The molecule has 5 rings (SSSR count). The molecule has 2 aliphatic rings. The summed E-state index contributed by atoms with van der Waals surface area (Å²) in [6.07, 6.45) is 4.29. The Kier molecular flexibility index (Phi) is 7.49. The zero-order valence-electron chi connectivity index (χ0n) is 21.5. The number of hydrogen-bond donors (Lipinski definition) is 1. The first-order valence-electron chi connectivity index (χ1n) is 12.9. The van der Waals surface area contributed by atoms with E-state index in [0.29, 0.717) is 29.5 Å². The lowest BCUT2D eigenvalue weighted by Crippen LogP contribution is -2.50. The van der Waals surface area contributed by atoms with Gasteiger partial charge in [0.15, 0.2) is 11.5 Å². The maximum atomic E-state index is 12.7. The highest BCUT2D eigenvalue weighted by Crippen LogP contribution is 2.50. The van der Waals surface area contributed by atoms with Gasteiger partial charge in [-0.3, -0.25) is 4.79 Å². The number of nitrogens with one attached hydrogen (secondary N) is 1. The Balaban J connectivity index is 1.20. The SMILES string of the molecule is Cc1ncnc(C)c1C(=O)NCCC(C)N1CCC(C2(c3ccc(Br)cc3)Oc3ccccc3O2)CC1. The van der Waals surface area contributed by atoms with Gasteiger partial charge in [-0.2, -0.15) is 0 Å². The molecule has 7 nitrogen and oxygen atoms in total. The molecule has 2 aliphatic heterocycles. The van der Waals surface area contributed by atoms with E-state index in [4.69, 9.17) is 9.47 Å². The maximum absolute atomic E-state index is 12.7. The van der Waals surface area contributed by atoms with Crippen LogP contribution in [-0.2, 0) is 5.79 Å². The van der Waals surface area contributed by atoms with Crippen LogP contribution in [0.5, 0.6) is 11.5 Å². The van der Waals surface area contributed by atoms with Gasteiger partial charge in [0, 0.05) is 28.5 Å². The first-order valence-corrected chi connectivity index (χ1v) is 13.7. The highest BCUT2D eigenvalue weighted by atomic mass is 79.9. The number of aromatic nitrogens is 2. The number of nitrogens with zero attached hydrogens (tertiary/aromatic N) is 3. The van der Waals surface area contributed by atoms with E-state index in [0.717, 1.165) is 53.9 Å².